The van der Waals surface area contributed by atoms with E-state index in [-0.39, 0.29) is 17.7 Å². The van der Waals surface area contributed by atoms with Gasteiger partial charge in [0.2, 0.25) is 5.13 Å². The summed E-state index contributed by atoms with van der Waals surface area (Å²) in [5.74, 6) is 1.53. The van der Waals surface area contributed by atoms with Gasteiger partial charge in [0, 0.05) is 6.42 Å². The van der Waals surface area contributed by atoms with Crippen molar-refractivity contribution in [3.05, 3.63) is 70.8 Å². The van der Waals surface area contributed by atoms with E-state index >= 15 is 0 Å². The Bertz CT molecular complexity index is 1250. The van der Waals surface area contributed by atoms with Gasteiger partial charge in [-0.15, -0.1) is 21.5 Å². The second kappa shape index (κ2) is 9.77. The van der Waals surface area contributed by atoms with Gasteiger partial charge in [-0.1, -0.05) is 41.3 Å². The topological polar surface area (TPSA) is 92.8 Å². The van der Waals surface area contributed by atoms with Gasteiger partial charge >= 0.3 is 0 Å². The number of hydrogen-bond acceptors (Lipinski definition) is 10. The number of hydrogen-bond donors (Lipinski definition) is 1. The first-order valence-electron chi connectivity index (χ1n) is 10.0. The number of aromatic nitrogens is 2. The Morgan fingerprint density at radius 2 is 2.15 bits per heavy atom. The number of thioether (sulfide) groups is 1. The third-order valence-electron chi connectivity index (χ3n) is 4.92. The molecule has 8 nitrogen and oxygen atoms in total. The van der Waals surface area contributed by atoms with Gasteiger partial charge < -0.3 is 14.5 Å². The molecule has 3 aromatic heterocycles. The maximum atomic E-state index is 13.1. The van der Waals surface area contributed by atoms with E-state index in [2.05, 4.69) is 20.6 Å². The fourth-order valence-corrected chi connectivity index (χ4v) is 5.74. The van der Waals surface area contributed by atoms with Crippen LogP contribution in [0.25, 0.3) is 0 Å². The summed E-state index contributed by atoms with van der Waals surface area (Å²) in [6, 6.07) is 15.0. The lowest BCUT2D eigenvalue weighted by atomic mass is 10.1. The lowest BCUT2D eigenvalue weighted by Crippen LogP contribution is -2.28. The number of hydrazone groups is 1. The first-order chi connectivity index (χ1) is 16.2. The molecule has 5 rings (SSSR count). The molecular weight excluding hydrogens is 478 g/mol. The van der Waals surface area contributed by atoms with Crippen LogP contribution in [0.5, 0.6) is 5.75 Å². The fourth-order valence-electron chi connectivity index (χ4n) is 3.41. The summed E-state index contributed by atoms with van der Waals surface area (Å²) >= 11 is 4.33. The van der Waals surface area contributed by atoms with E-state index in [4.69, 9.17) is 9.15 Å². The van der Waals surface area contributed by atoms with Crippen LogP contribution in [0, 0.1) is 0 Å². The molecule has 1 atom stereocenters. The molecule has 1 amide bonds. The van der Waals surface area contributed by atoms with Crippen molar-refractivity contribution >= 4 is 56.9 Å². The predicted molar refractivity (Wildman–Crippen MR) is 131 cm³/mol. The molecule has 168 valence electrons. The third kappa shape index (κ3) is 4.80. The van der Waals surface area contributed by atoms with E-state index in [1.807, 2.05) is 53.9 Å². The largest absolute Gasteiger partial charge is 0.495 e. The number of anilines is 2. The summed E-state index contributed by atoms with van der Waals surface area (Å²) in [6.45, 7) is 0. The van der Waals surface area contributed by atoms with Gasteiger partial charge in [-0.2, -0.15) is 5.10 Å². The summed E-state index contributed by atoms with van der Waals surface area (Å²) in [4.78, 5) is 14.2. The first kappa shape index (κ1) is 21.7. The quantitative estimate of drug-likeness (QED) is 0.325. The number of carbonyl (C=O) groups excluding carboxylic acids is 1. The zero-order valence-electron chi connectivity index (χ0n) is 17.5. The molecule has 0 radical (unpaired) electrons. The Morgan fingerprint density at radius 3 is 2.94 bits per heavy atom. The molecule has 1 aliphatic heterocycles. The van der Waals surface area contributed by atoms with Crippen LogP contribution in [0.2, 0.25) is 0 Å². The normalized spacial score (nSPS) is 15.5. The number of benzene rings is 1. The molecule has 11 heteroatoms. The summed E-state index contributed by atoms with van der Waals surface area (Å²) in [7, 11) is 1.62. The molecule has 1 aromatic carbocycles. The molecule has 0 bridgehead atoms. The van der Waals surface area contributed by atoms with E-state index in [0.717, 1.165) is 27.8 Å². The number of furan rings is 1. The number of nitrogens with one attached hydrogen (secondary N) is 1. The Hall–Kier alpha value is -3.15. The van der Waals surface area contributed by atoms with Gasteiger partial charge in [0.25, 0.3) is 5.91 Å². The highest BCUT2D eigenvalue weighted by atomic mass is 32.2. The van der Waals surface area contributed by atoms with Crippen molar-refractivity contribution in [2.24, 2.45) is 5.10 Å². The third-order valence-corrected chi connectivity index (χ3v) is 7.79. The number of para-hydroxylation sites is 2. The van der Waals surface area contributed by atoms with Crippen LogP contribution in [0.1, 0.15) is 23.1 Å². The Morgan fingerprint density at radius 1 is 1.24 bits per heavy atom. The van der Waals surface area contributed by atoms with Crippen molar-refractivity contribution in [2.75, 3.05) is 18.2 Å². The van der Waals surface area contributed by atoms with E-state index in [9.17, 15) is 4.79 Å². The molecule has 1 N–H and O–H groups in total. The highest BCUT2D eigenvalue weighted by Gasteiger charge is 2.35. The molecule has 0 saturated carbocycles. The van der Waals surface area contributed by atoms with E-state index in [1.54, 1.807) is 24.7 Å². The van der Waals surface area contributed by atoms with Crippen molar-refractivity contribution in [3.8, 4) is 5.75 Å². The van der Waals surface area contributed by atoms with Crippen LogP contribution in [0.4, 0.5) is 10.8 Å². The van der Waals surface area contributed by atoms with Gasteiger partial charge in [0.15, 0.2) is 4.34 Å². The van der Waals surface area contributed by atoms with Crippen molar-refractivity contribution in [1.29, 1.82) is 0 Å². The van der Waals surface area contributed by atoms with Crippen LogP contribution in [-0.2, 0) is 4.79 Å². The number of rotatable bonds is 8. The van der Waals surface area contributed by atoms with Crippen LogP contribution < -0.4 is 10.1 Å². The smallest absolute Gasteiger partial charge is 0.253 e. The monoisotopic (exact) mass is 497 g/mol. The van der Waals surface area contributed by atoms with Gasteiger partial charge in [-0.05, 0) is 35.7 Å². The number of thiophene rings is 1. The lowest BCUT2D eigenvalue weighted by Gasteiger charge is -2.19. The SMILES string of the molecule is COc1ccccc1Nc1nnc(SCC(=O)N2N=C(c3cccs3)C[C@@H]2c2ccco2)s1. The van der Waals surface area contributed by atoms with Gasteiger partial charge in [-0.25, -0.2) is 5.01 Å². The second-order valence-electron chi connectivity index (χ2n) is 6.98. The number of carbonyl (C=O) groups is 1. The number of methoxy groups -OCH3 is 1. The van der Waals surface area contributed by atoms with E-state index in [0.29, 0.717) is 15.9 Å². The van der Waals surface area contributed by atoms with Crippen LogP contribution in [-0.4, -0.2) is 39.7 Å². The molecule has 0 spiro atoms. The lowest BCUT2D eigenvalue weighted by molar-refractivity contribution is -0.130. The number of nitrogens with zero attached hydrogens (tertiary/aromatic N) is 4. The summed E-state index contributed by atoms with van der Waals surface area (Å²) in [6.07, 6.45) is 2.24. The maximum Gasteiger partial charge on any atom is 0.253 e. The second-order valence-corrected chi connectivity index (χ2v) is 10.1. The maximum absolute atomic E-state index is 13.1. The summed E-state index contributed by atoms with van der Waals surface area (Å²) in [5.41, 5.74) is 1.70. The predicted octanol–water partition coefficient (Wildman–Crippen LogP) is 5.41. The van der Waals surface area contributed by atoms with E-state index < -0.39 is 0 Å². The molecule has 1 aliphatic rings. The van der Waals surface area contributed by atoms with Crippen molar-refractivity contribution in [3.63, 3.8) is 0 Å². The highest BCUT2D eigenvalue weighted by Crippen LogP contribution is 2.36. The Balaban J connectivity index is 1.26. The minimum atomic E-state index is -0.248. The molecular formula is C22H19N5O3S3. The molecule has 4 aromatic rings. The average molecular weight is 498 g/mol. The molecule has 4 heterocycles. The standard InChI is InChI=1S/C22H19N5O3S3/c1-29-17-7-3-2-6-14(17)23-21-24-25-22(33-21)32-13-20(28)27-16(18-8-4-10-30-18)12-15(26-27)19-9-5-11-31-19/h2-11,16H,12-13H2,1H3,(H,23,24)/t16-/m1/s1. The molecule has 0 fully saturated rings. The molecule has 33 heavy (non-hydrogen) atoms. The zero-order valence-corrected chi connectivity index (χ0v) is 20.0. The van der Waals surface area contributed by atoms with Crippen LogP contribution in [0.3, 0.4) is 0 Å². The summed E-state index contributed by atoms with van der Waals surface area (Å²) < 4.78 is 11.6. The van der Waals surface area contributed by atoms with Gasteiger partial charge in [-0.3, -0.25) is 4.79 Å². The Labute approximate surface area is 202 Å². The molecule has 0 aliphatic carbocycles. The molecule has 0 unspecified atom stereocenters. The van der Waals surface area contributed by atoms with E-state index in [1.165, 1.54) is 28.1 Å². The van der Waals surface area contributed by atoms with Gasteiger partial charge in [0.05, 0.1) is 35.4 Å². The van der Waals surface area contributed by atoms with Crippen LogP contribution in [0.15, 0.2) is 74.0 Å². The van der Waals surface area contributed by atoms with Gasteiger partial charge in [0.1, 0.15) is 17.6 Å². The summed E-state index contributed by atoms with van der Waals surface area (Å²) in [5, 5.41) is 20.4. The van der Waals surface area contributed by atoms with Crippen molar-refractivity contribution in [2.45, 2.75) is 16.8 Å². The molecule has 0 saturated heterocycles. The minimum Gasteiger partial charge on any atom is -0.495 e. The fraction of sp³-hybridized carbons (Fsp3) is 0.182. The van der Waals surface area contributed by atoms with Crippen molar-refractivity contribution < 1.29 is 13.9 Å². The zero-order chi connectivity index (χ0) is 22.6. The number of amides is 1. The van der Waals surface area contributed by atoms with Crippen LogP contribution >= 0.6 is 34.4 Å². The Kier molecular flexibility index (Phi) is 6.42. The minimum absolute atomic E-state index is 0.109. The average Bonchev–Trinajstić information content (AvgIpc) is 3.63. The number of ether oxygens (including phenoxy) is 1. The van der Waals surface area contributed by atoms with Crippen molar-refractivity contribution in [1.82, 2.24) is 15.2 Å². The highest BCUT2D eigenvalue weighted by molar-refractivity contribution is 8.01. The first-order valence-corrected chi connectivity index (χ1v) is 12.7.